The van der Waals surface area contributed by atoms with Crippen LogP contribution in [0.15, 0.2) is 24.3 Å². The highest BCUT2D eigenvalue weighted by molar-refractivity contribution is 7.21. The van der Waals surface area contributed by atoms with Gasteiger partial charge in [-0.2, -0.15) is 0 Å². The second-order valence-corrected chi connectivity index (χ2v) is 9.73. The molecule has 5 aliphatic rings. The van der Waals surface area contributed by atoms with Crippen molar-refractivity contribution < 1.29 is 9.18 Å². The molecule has 2 saturated carbocycles. The molecule has 5 fully saturated rings. The van der Waals surface area contributed by atoms with Gasteiger partial charge >= 0.3 is 0 Å². The highest BCUT2D eigenvalue weighted by atomic mass is 32.1. The molecule has 136 valence electrons. The van der Waals surface area contributed by atoms with Crippen LogP contribution in [0.1, 0.15) is 53.8 Å². The smallest absolute Gasteiger partial charge is 0.261 e. The molecule has 3 nitrogen and oxygen atoms in total. The lowest BCUT2D eigenvalue weighted by molar-refractivity contribution is -0.00138. The van der Waals surface area contributed by atoms with E-state index < -0.39 is 5.67 Å². The van der Waals surface area contributed by atoms with E-state index in [0.717, 1.165) is 20.5 Å². The number of alkyl halides is 1. The largest absolute Gasteiger partial charge is 0.346 e. The van der Waals surface area contributed by atoms with Crippen molar-refractivity contribution in [2.75, 3.05) is 13.1 Å². The first kappa shape index (κ1) is 15.6. The van der Waals surface area contributed by atoms with Gasteiger partial charge in [-0.3, -0.25) is 9.69 Å². The minimum atomic E-state index is -1.16. The van der Waals surface area contributed by atoms with Crippen LogP contribution in [0, 0.1) is 5.92 Å². The summed E-state index contributed by atoms with van der Waals surface area (Å²) in [5, 5.41) is 4.39. The average Bonchev–Trinajstić information content (AvgIpc) is 3.56. The fourth-order valence-electron chi connectivity index (χ4n) is 5.44. The first-order chi connectivity index (χ1) is 12.6. The molecule has 1 aromatic heterocycles. The van der Waals surface area contributed by atoms with Gasteiger partial charge in [0.2, 0.25) is 0 Å². The molecule has 3 aliphatic heterocycles. The van der Waals surface area contributed by atoms with Crippen LogP contribution in [0.3, 0.4) is 0 Å². The molecule has 5 heteroatoms. The quantitative estimate of drug-likeness (QED) is 0.877. The third-order valence-electron chi connectivity index (χ3n) is 7.21. The maximum absolute atomic E-state index is 14.7. The van der Waals surface area contributed by atoms with Crippen molar-refractivity contribution in [2.45, 2.75) is 55.8 Å². The molecule has 1 aromatic carbocycles. The Balaban J connectivity index is 1.31. The number of amides is 1. The Hall–Kier alpha value is -1.46. The predicted octanol–water partition coefficient (Wildman–Crippen LogP) is 4.22. The van der Waals surface area contributed by atoms with Gasteiger partial charge in [0.1, 0.15) is 5.67 Å². The molecular formula is C21H23FN2OS. The van der Waals surface area contributed by atoms with E-state index in [2.05, 4.69) is 10.2 Å². The Bertz CT molecular complexity index is 906. The number of nitrogens with one attached hydrogen (secondary N) is 1. The van der Waals surface area contributed by atoms with Crippen LogP contribution >= 0.6 is 11.3 Å². The lowest BCUT2D eigenvalue weighted by atomic mass is 9.77. The van der Waals surface area contributed by atoms with Crippen LogP contribution in [-0.4, -0.2) is 35.5 Å². The lowest BCUT2D eigenvalue weighted by Gasteiger charge is -2.52. The van der Waals surface area contributed by atoms with E-state index in [1.807, 2.05) is 24.3 Å². The Kier molecular flexibility index (Phi) is 3.04. The molecule has 2 aliphatic carbocycles. The van der Waals surface area contributed by atoms with Crippen molar-refractivity contribution in [1.82, 2.24) is 10.2 Å². The third-order valence-corrected chi connectivity index (χ3v) is 8.39. The molecule has 1 atom stereocenters. The summed E-state index contributed by atoms with van der Waals surface area (Å²) < 4.78 is 15.6. The van der Waals surface area contributed by atoms with E-state index in [1.165, 1.54) is 50.1 Å². The van der Waals surface area contributed by atoms with E-state index in [-0.39, 0.29) is 17.5 Å². The van der Waals surface area contributed by atoms with Crippen LogP contribution in [0.2, 0.25) is 0 Å². The summed E-state index contributed by atoms with van der Waals surface area (Å²) in [6.07, 6.45) is 6.05. The molecule has 3 saturated heterocycles. The summed E-state index contributed by atoms with van der Waals surface area (Å²) in [6, 6.07) is 8.04. The molecule has 2 bridgehead atoms. The summed E-state index contributed by atoms with van der Waals surface area (Å²) in [5.74, 6) is 0.655. The van der Waals surface area contributed by atoms with Crippen LogP contribution in [0.4, 0.5) is 4.39 Å². The van der Waals surface area contributed by atoms with Crippen molar-refractivity contribution in [3.05, 3.63) is 34.7 Å². The van der Waals surface area contributed by atoms with Crippen molar-refractivity contribution >= 4 is 27.3 Å². The molecule has 0 radical (unpaired) electrons. The van der Waals surface area contributed by atoms with E-state index in [4.69, 9.17) is 0 Å². The number of hydrogen-bond acceptors (Lipinski definition) is 3. The highest BCUT2D eigenvalue weighted by Crippen LogP contribution is 2.54. The third kappa shape index (κ3) is 2.10. The van der Waals surface area contributed by atoms with E-state index in [0.29, 0.717) is 18.8 Å². The second kappa shape index (κ2) is 5.08. The zero-order valence-electron chi connectivity index (χ0n) is 14.8. The standard InChI is InChI=1S/C21H23FN2OS/c22-20(6-7-20)15-3-1-2-14-12-16(26-17(14)15)19(25)23-18-13-4-10-24(11-5-13)21(18)8-9-21/h1-3,12-13,18H,4-11H2,(H,23,25)/t18-/m1/s1. The monoisotopic (exact) mass is 370 g/mol. The number of thiophene rings is 1. The Morgan fingerprint density at radius 1 is 1.19 bits per heavy atom. The van der Waals surface area contributed by atoms with Crippen LogP contribution in [-0.2, 0) is 5.67 Å². The molecule has 26 heavy (non-hydrogen) atoms. The highest BCUT2D eigenvalue weighted by Gasteiger charge is 2.60. The van der Waals surface area contributed by atoms with Gasteiger partial charge in [0.25, 0.3) is 5.91 Å². The van der Waals surface area contributed by atoms with Gasteiger partial charge in [0, 0.05) is 15.8 Å². The molecule has 2 aromatic rings. The summed E-state index contributed by atoms with van der Waals surface area (Å²) in [5.41, 5.74) is -0.137. The second-order valence-electron chi connectivity index (χ2n) is 8.68. The number of nitrogens with zero attached hydrogens (tertiary/aromatic N) is 1. The summed E-state index contributed by atoms with van der Waals surface area (Å²) in [6.45, 7) is 2.39. The minimum absolute atomic E-state index is 0.0332. The normalized spacial score (nSPS) is 32.7. The number of rotatable bonds is 3. The molecule has 1 amide bonds. The van der Waals surface area contributed by atoms with Gasteiger partial charge in [-0.15, -0.1) is 11.3 Å². The molecule has 1 N–H and O–H groups in total. The van der Waals surface area contributed by atoms with Crippen molar-refractivity contribution in [3.8, 4) is 0 Å². The molecule has 1 spiro atoms. The van der Waals surface area contributed by atoms with Crippen LogP contribution < -0.4 is 5.32 Å². The first-order valence-electron chi connectivity index (χ1n) is 9.87. The molecule has 4 heterocycles. The van der Waals surface area contributed by atoms with Gasteiger partial charge in [-0.25, -0.2) is 4.39 Å². The summed E-state index contributed by atoms with van der Waals surface area (Å²) in [7, 11) is 0. The zero-order valence-corrected chi connectivity index (χ0v) is 15.6. The number of piperidine rings is 3. The summed E-state index contributed by atoms with van der Waals surface area (Å²) in [4.78, 5) is 16.4. The number of fused-ring (bicyclic) bond motifs is 3. The maximum atomic E-state index is 14.7. The Labute approximate surface area is 156 Å². The van der Waals surface area contributed by atoms with Crippen molar-refractivity contribution in [2.24, 2.45) is 5.92 Å². The van der Waals surface area contributed by atoms with E-state index in [9.17, 15) is 9.18 Å². The Morgan fingerprint density at radius 3 is 2.65 bits per heavy atom. The van der Waals surface area contributed by atoms with Gasteiger partial charge < -0.3 is 5.32 Å². The number of hydrogen-bond donors (Lipinski definition) is 1. The first-order valence-corrected chi connectivity index (χ1v) is 10.7. The van der Waals surface area contributed by atoms with Gasteiger partial charge in [-0.05, 0) is 69.0 Å². The van der Waals surface area contributed by atoms with Crippen LogP contribution in [0.25, 0.3) is 10.1 Å². The van der Waals surface area contributed by atoms with Crippen LogP contribution in [0.5, 0.6) is 0 Å². The lowest BCUT2D eigenvalue weighted by Crippen LogP contribution is -2.65. The van der Waals surface area contributed by atoms with Crippen molar-refractivity contribution in [1.29, 1.82) is 0 Å². The minimum Gasteiger partial charge on any atom is -0.346 e. The summed E-state index contributed by atoms with van der Waals surface area (Å²) >= 11 is 1.46. The fourth-order valence-corrected chi connectivity index (χ4v) is 6.60. The molecular weight excluding hydrogens is 347 g/mol. The van der Waals surface area contributed by atoms with Gasteiger partial charge in [0.05, 0.1) is 10.9 Å². The fraction of sp³-hybridized carbons (Fsp3) is 0.571. The van der Waals surface area contributed by atoms with E-state index in [1.54, 1.807) is 0 Å². The topological polar surface area (TPSA) is 32.3 Å². The molecule has 0 unspecified atom stereocenters. The average molecular weight is 370 g/mol. The van der Waals surface area contributed by atoms with Gasteiger partial charge in [-0.1, -0.05) is 18.2 Å². The number of carbonyl (C=O) groups excluding carboxylic acids is 1. The zero-order chi connectivity index (χ0) is 17.5. The van der Waals surface area contributed by atoms with Crippen molar-refractivity contribution in [3.63, 3.8) is 0 Å². The SMILES string of the molecule is O=C(N[C@@H]1C2CCN(CC2)C12CC2)c1cc2cccc(C3(F)CC3)c2s1. The number of halogens is 1. The number of carbonyl (C=O) groups is 1. The predicted molar refractivity (Wildman–Crippen MR) is 101 cm³/mol. The Morgan fingerprint density at radius 2 is 1.96 bits per heavy atom. The maximum Gasteiger partial charge on any atom is 0.261 e. The number of benzene rings is 1. The van der Waals surface area contributed by atoms with Gasteiger partial charge in [0.15, 0.2) is 0 Å². The molecule has 7 rings (SSSR count). The van der Waals surface area contributed by atoms with E-state index >= 15 is 0 Å².